The Bertz CT molecular complexity index is 416. The molecule has 2 rings (SSSR count). The van der Waals surface area contributed by atoms with Crippen molar-refractivity contribution in [1.29, 1.82) is 0 Å². The van der Waals surface area contributed by atoms with Gasteiger partial charge in [-0.05, 0) is 34.8 Å². The lowest BCUT2D eigenvalue weighted by atomic mass is 9.77. The maximum absolute atomic E-state index is 14.3. The van der Waals surface area contributed by atoms with E-state index in [1.54, 1.807) is 12.1 Å². The van der Waals surface area contributed by atoms with Gasteiger partial charge in [0.15, 0.2) is 0 Å². The molecular weight excluding hydrogens is 285 g/mol. The standard InChI is InChI=1S/C13H17BrFNO/c1-17-10-6-5-9(12(15)11(10)14)13(16)7-3-2-4-8-13/h5-6H,2-4,7-8,16H2,1H3. The monoisotopic (exact) mass is 301 g/mol. The molecule has 0 bridgehead atoms. The Hall–Kier alpha value is -0.610. The first kappa shape index (κ1) is 12.8. The van der Waals surface area contributed by atoms with Gasteiger partial charge in [-0.3, -0.25) is 0 Å². The molecule has 0 aliphatic heterocycles. The summed E-state index contributed by atoms with van der Waals surface area (Å²) in [7, 11) is 1.53. The van der Waals surface area contributed by atoms with E-state index in [1.807, 2.05) is 0 Å². The predicted octanol–water partition coefficient (Wildman–Crippen LogP) is 3.71. The summed E-state index contributed by atoms with van der Waals surface area (Å²) in [4.78, 5) is 0. The molecule has 0 heterocycles. The van der Waals surface area contributed by atoms with Gasteiger partial charge in [-0.15, -0.1) is 0 Å². The second-order valence-corrected chi connectivity index (χ2v) is 5.45. The lowest BCUT2D eigenvalue weighted by Gasteiger charge is -2.34. The molecule has 1 fully saturated rings. The van der Waals surface area contributed by atoms with Crippen molar-refractivity contribution in [2.45, 2.75) is 37.6 Å². The van der Waals surface area contributed by atoms with Gasteiger partial charge in [0.1, 0.15) is 11.6 Å². The number of rotatable bonds is 2. The summed E-state index contributed by atoms with van der Waals surface area (Å²) in [5.41, 5.74) is 6.42. The van der Waals surface area contributed by atoms with Gasteiger partial charge in [0.25, 0.3) is 0 Å². The number of benzene rings is 1. The fourth-order valence-corrected chi connectivity index (χ4v) is 3.03. The minimum atomic E-state index is -0.517. The van der Waals surface area contributed by atoms with E-state index in [0.29, 0.717) is 15.8 Å². The SMILES string of the molecule is COc1ccc(C2(N)CCCCC2)c(F)c1Br. The molecule has 0 unspecified atom stereocenters. The van der Waals surface area contributed by atoms with Crippen LogP contribution in [0.1, 0.15) is 37.7 Å². The van der Waals surface area contributed by atoms with Gasteiger partial charge in [0.05, 0.1) is 11.6 Å². The quantitative estimate of drug-likeness (QED) is 0.903. The largest absolute Gasteiger partial charge is 0.495 e. The number of hydrogen-bond acceptors (Lipinski definition) is 2. The zero-order valence-electron chi connectivity index (χ0n) is 9.93. The van der Waals surface area contributed by atoms with Gasteiger partial charge in [-0.1, -0.05) is 25.3 Å². The Morgan fingerprint density at radius 3 is 2.53 bits per heavy atom. The van der Waals surface area contributed by atoms with E-state index in [2.05, 4.69) is 15.9 Å². The molecule has 1 aliphatic carbocycles. The molecule has 4 heteroatoms. The summed E-state index contributed by atoms with van der Waals surface area (Å²) in [6.45, 7) is 0. The van der Waals surface area contributed by atoms with Crippen LogP contribution in [0.2, 0.25) is 0 Å². The molecule has 0 spiro atoms. The van der Waals surface area contributed by atoms with Crippen LogP contribution in [0.5, 0.6) is 5.75 Å². The van der Waals surface area contributed by atoms with Crippen molar-refractivity contribution in [2.75, 3.05) is 7.11 Å². The van der Waals surface area contributed by atoms with Crippen LogP contribution in [0, 0.1) is 5.82 Å². The van der Waals surface area contributed by atoms with E-state index in [-0.39, 0.29) is 5.82 Å². The number of hydrogen-bond donors (Lipinski definition) is 1. The molecule has 0 aromatic heterocycles. The summed E-state index contributed by atoms with van der Waals surface area (Å²) in [6, 6.07) is 3.52. The topological polar surface area (TPSA) is 35.2 Å². The predicted molar refractivity (Wildman–Crippen MR) is 69.6 cm³/mol. The molecule has 0 amide bonds. The molecule has 2 N–H and O–H groups in total. The molecule has 0 atom stereocenters. The van der Waals surface area contributed by atoms with Crippen molar-refractivity contribution < 1.29 is 9.13 Å². The summed E-state index contributed by atoms with van der Waals surface area (Å²) >= 11 is 3.23. The van der Waals surface area contributed by atoms with E-state index in [0.717, 1.165) is 25.7 Å². The Kier molecular flexibility index (Phi) is 3.73. The average Bonchev–Trinajstić information content (AvgIpc) is 2.33. The molecule has 1 aromatic rings. The van der Waals surface area contributed by atoms with E-state index < -0.39 is 5.54 Å². The van der Waals surface area contributed by atoms with Gasteiger partial charge in [0.2, 0.25) is 0 Å². The van der Waals surface area contributed by atoms with E-state index in [9.17, 15) is 4.39 Å². The van der Waals surface area contributed by atoms with Gasteiger partial charge in [-0.2, -0.15) is 0 Å². The van der Waals surface area contributed by atoms with Crippen LogP contribution in [-0.2, 0) is 5.54 Å². The van der Waals surface area contributed by atoms with E-state index >= 15 is 0 Å². The van der Waals surface area contributed by atoms with Crippen LogP contribution in [0.15, 0.2) is 16.6 Å². The fraction of sp³-hybridized carbons (Fsp3) is 0.538. The third-order valence-corrected chi connectivity index (χ3v) is 4.29. The normalized spacial score (nSPS) is 19.1. The second kappa shape index (κ2) is 4.94. The number of methoxy groups -OCH3 is 1. The van der Waals surface area contributed by atoms with Gasteiger partial charge in [-0.25, -0.2) is 4.39 Å². The smallest absolute Gasteiger partial charge is 0.146 e. The van der Waals surface area contributed by atoms with Gasteiger partial charge < -0.3 is 10.5 Å². The highest BCUT2D eigenvalue weighted by Gasteiger charge is 2.33. The first-order valence-electron chi connectivity index (χ1n) is 5.90. The number of halogens is 2. The molecule has 2 nitrogen and oxygen atoms in total. The molecule has 0 radical (unpaired) electrons. The molecule has 1 saturated carbocycles. The zero-order chi connectivity index (χ0) is 12.5. The Balaban J connectivity index is 2.42. The first-order valence-corrected chi connectivity index (χ1v) is 6.69. The number of nitrogens with two attached hydrogens (primary N) is 1. The van der Waals surface area contributed by atoms with E-state index in [1.165, 1.54) is 13.5 Å². The maximum atomic E-state index is 14.3. The average molecular weight is 302 g/mol. The minimum absolute atomic E-state index is 0.284. The van der Waals surface area contributed by atoms with Crippen molar-refractivity contribution in [3.05, 3.63) is 28.0 Å². The highest BCUT2D eigenvalue weighted by molar-refractivity contribution is 9.10. The van der Waals surface area contributed by atoms with Crippen LogP contribution in [0.4, 0.5) is 4.39 Å². The lowest BCUT2D eigenvalue weighted by Crippen LogP contribution is -2.39. The molecule has 1 aliphatic rings. The summed E-state index contributed by atoms with van der Waals surface area (Å²) in [6.07, 6.45) is 5.03. The zero-order valence-corrected chi connectivity index (χ0v) is 11.5. The van der Waals surface area contributed by atoms with Crippen molar-refractivity contribution in [2.24, 2.45) is 5.73 Å². The molecule has 1 aromatic carbocycles. The fourth-order valence-electron chi connectivity index (χ4n) is 2.53. The van der Waals surface area contributed by atoms with Crippen LogP contribution >= 0.6 is 15.9 Å². The highest BCUT2D eigenvalue weighted by Crippen LogP contribution is 2.40. The minimum Gasteiger partial charge on any atom is -0.495 e. The van der Waals surface area contributed by atoms with Crippen LogP contribution in [0.25, 0.3) is 0 Å². The molecule has 17 heavy (non-hydrogen) atoms. The molecule has 94 valence electrons. The van der Waals surface area contributed by atoms with Gasteiger partial charge >= 0.3 is 0 Å². The van der Waals surface area contributed by atoms with Crippen LogP contribution < -0.4 is 10.5 Å². The third-order valence-electron chi connectivity index (χ3n) is 3.55. The summed E-state index contributed by atoms with van der Waals surface area (Å²) in [5.74, 6) is 0.222. The van der Waals surface area contributed by atoms with Crippen LogP contribution in [0.3, 0.4) is 0 Å². The molecule has 0 saturated heterocycles. The van der Waals surface area contributed by atoms with Gasteiger partial charge in [0, 0.05) is 11.1 Å². The van der Waals surface area contributed by atoms with Crippen molar-refractivity contribution in [1.82, 2.24) is 0 Å². The Labute approximate surface area is 109 Å². The van der Waals surface area contributed by atoms with Crippen LogP contribution in [-0.4, -0.2) is 7.11 Å². The Morgan fingerprint density at radius 2 is 1.94 bits per heavy atom. The summed E-state index contributed by atoms with van der Waals surface area (Å²) in [5, 5.41) is 0. The maximum Gasteiger partial charge on any atom is 0.146 e. The molecular formula is C13H17BrFNO. The second-order valence-electron chi connectivity index (χ2n) is 4.66. The van der Waals surface area contributed by atoms with Crippen molar-refractivity contribution in [3.63, 3.8) is 0 Å². The number of ether oxygens (including phenoxy) is 1. The first-order chi connectivity index (χ1) is 8.08. The summed E-state index contributed by atoms with van der Waals surface area (Å²) < 4.78 is 19.7. The lowest BCUT2D eigenvalue weighted by molar-refractivity contribution is 0.291. The van der Waals surface area contributed by atoms with Crippen molar-refractivity contribution >= 4 is 15.9 Å². The van der Waals surface area contributed by atoms with E-state index in [4.69, 9.17) is 10.5 Å². The highest BCUT2D eigenvalue weighted by atomic mass is 79.9. The Morgan fingerprint density at radius 1 is 1.29 bits per heavy atom. The van der Waals surface area contributed by atoms with Crippen molar-refractivity contribution in [3.8, 4) is 5.75 Å². The third kappa shape index (κ3) is 2.33.